The molecule has 1 fully saturated rings. The number of aliphatic hydroxyl groups is 3. The summed E-state index contributed by atoms with van der Waals surface area (Å²) in [6.07, 6.45) is 0.769. The Morgan fingerprint density at radius 2 is 2.00 bits per heavy atom. The Morgan fingerprint density at radius 3 is 2.66 bits per heavy atom. The maximum absolute atomic E-state index is 13.5. The number of benzene rings is 1. The molecule has 0 bridgehead atoms. The molecule has 1 heterocycles. The lowest BCUT2D eigenvalue weighted by atomic mass is 9.59. The average molecular weight is 498 g/mol. The maximum atomic E-state index is 13.5. The molecule has 35 heavy (non-hydrogen) atoms. The Labute approximate surface area is 203 Å². The number of nitrogens with zero attached hydrogens (tertiary/aromatic N) is 1. The molecule has 3 aliphatic carbocycles. The van der Waals surface area contributed by atoms with Crippen molar-refractivity contribution in [3.05, 3.63) is 51.2 Å². The number of amides is 1. The number of phenols is 1. The highest BCUT2D eigenvalue weighted by molar-refractivity contribution is 7.13. The zero-order chi connectivity index (χ0) is 25.2. The topological polar surface area (TPSA) is 183 Å². The van der Waals surface area contributed by atoms with Crippen molar-refractivity contribution in [1.29, 1.82) is 0 Å². The molecule has 1 saturated carbocycles. The van der Waals surface area contributed by atoms with Crippen LogP contribution < -0.4 is 11.1 Å². The number of primary amides is 1. The van der Waals surface area contributed by atoms with Crippen LogP contribution in [0.5, 0.6) is 5.75 Å². The van der Waals surface area contributed by atoms with Gasteiger partial charge in [-0.15, -0.1) is 11.3 Å². The number of rotatable bonds is 4. The Balaban J connectivity index is 1.60. The summed E-state index contributed by atoms with van der Waals surface area (Å²) in [6, 6.07) is 3.37. The predicted octanol–water partition coefficient (Wildman–Crippen LogP) is 2.19. The van der Waals surface area contributed by atoms with Crippen LogP contribution in [-0.2, 0) is 27.2 Å². The number of aromatic hydroxyl groups is 1. The summed E-state index contributed by atoms with van der Waals surface area (Å²) in [7, 11) is 0. The van der Waals surface area contributed by atoms with Gasteiger partial charge in [-0.25, -0.2) is 4.98 Å². The lowest BCUT2D eigenvalue weighted by molar-refractivity contribution is -0.147. The van der Waals surface area contributed by atoms with E-state index in [9.17, 15) is 34.8 Å². The monoisotopic (exact) mass is 497 g/mol. The van der Waals surface area contributed by atoms with Crippen molar-refractivity contribution < 1.29 is 34.8 Å². The number of Topliss-reactive ketones (excluding diaryl/α,β-unsaturated/α-hetero) is 2. The fourth-order valence-electron chi connectivity index (χ4n) is 5.34. The van der Waals surface area contributed by atoms with E-state index in [-0.39, 0.29) is 41.8 Å². The second kappa shape index (κ2) is 7.92. The predicted molar refractivity (Wildman–Crippen MR) is 126 cm³/mol. The molecule has 1 aromatic carbocycles. The molecule has 0 saturated heterocycles. The fourth-order valence-corrected chi connectivity index (χ4v) is 6.14. The molecule has 1 amide bonds. The normalized spacial score (nSPS) is 25.8. The minimum Gasteiger partial charge on any atom is -0.508 e. The van der Waals surface area contributed by atoms with Gasteiger partial charge in [0.15, 0.2) is 16.5 Å². The number of aryl methyl sites for hydroxylation is 1. The van der Waals surface area contributed by atoms with Gasteiger partial charge >= 0.3 is 0 Å². The second-order valence-corrected chi connectivity index (χ2v) is 9.88. The summed E-state index contributed by atoms with van der Waals surface area (Å²) in [5.74, 6) is -6.45. The van der Waals surface area contributed by atoms with Crippen molar-refractivity contribution in [1.82, 2.24) is 4.98 Å². The van der Waals surface area contributed by atoms with Crippen LogP contribution in [0.1, 0.15) is 36.6 Å². The minimum absolute atomic E-state index is 0.0365. The third kappa shape index (κ3) is 3.26. The zero-order valence-electron chi connectivity index (χ0n) is 18.7. The summed E-state index contributed by atoms with van der Waals surface area (Å²) >= 11 is 1.36. The lowest BCUT2D eigenvalue weighted by Gasteiger charge is -2.46. The van der Waals surface area contributed by atoms with Crippen LogP contribution in [0.3, 0.4) is 0 Å². The molecular weight excluding hydrogens is 474 g/mol. The Hall–Kier alpha value is -3.70. The highest BCUT2D eigenvalue weighted by Crippen LogP contribution is 2.52. The van der Waals surface area contributed by atoms with Gasteiger partial charge in [-0.1, -0.05) is 13.0 Å². The number of aliphatic hydroxyl groups excluding tert-OH is 2. The molecule has 1 aromatic heterocycles. The summed E-state index contributed by atoms with van der Waals surface area (Å²) in [4.78, 5) is 42.0. The molecule has 0 unspecified atom stereocenters. The number of anilines is 2. The van der Waals surface area contributed by atoms with Crippen molar-refractivity contribution in [2.24, 2.45) is 17.6 Å². The number of phenolic OH excluding ortho intramolecular Hbond substituents is 1. The highest BCUT2D eigenvalue weighted by atomic mass is 32.1. The quantitative estimate of drug-likeness (QED) is 0.272. The van der Waals surface area contributed by atoms with E-state index in [0.29, 0.717) is 10.7 Å². The molecular formula is C24H23N3O7S. The number of hydrogen-bond acceptors (Lipinski definition) is 10. The van der Waals surface area contributed by atoms with Gasteiger partial charge in [0.25, 0.3) is 5.91 Å². The number of nitrogens with one attached hydrogen (secondary N) is 1. The standard InChI is InChI=1S/C24H23N3O7S/c1-2-12-8-35-23(26-12)27-13-4-3-9-5-10-6-11-7-14(28)17(22(25)33)21(32)24(11,34)20(31)16(10)19(30)15(9)18(13)29/h3-4,8,10-11,29-30,32,34H,2,5-7H2,1H3,(H2,25,33)(H,26,27)/t10-,11-,24-/m0/s1. The van der Waals surface area contributed by atoms with E-state index in [1.54, 1.807) is 12.1 Å². The van der Waals surface area contributed by atoms with Gasteiger partial charge in [0.1, 0.15) is 22.8 Å². The zero-order valence-corrected chi connectivity index (χ0v) is 19.5. The van der Waals surface area contributed by atoms with Crippen LogP contribution in [-0.4, -0.2) is 48.5 Å². The number of carbonyl (C=O) groups is 3. The molecule has 0 radical (unpaired) electrons. The first-order valence-electron chi connectivity index (χ1n) is 11.1. The van der Waals surface area contributed by atoms with Crippen LogP contribution in [0.4, 0.5) is 10.8 Å². The third-order valence-corrected chi connectivity index (χ3v) is 7.90. The molecule has 3 aliphatic rings. The number of fused-ring (bicyclic) bond motifs is 3. The SMILES string of the molecule is CCc1csc(Nc2ccc3c(c2O)C(O)=C2C(=O)[C@]4(O)C(O)=C(C(N)=O)C(=O)C[C@@H]4C[C@@H]2C3)n1. The smallest absolute Gasteiger partial charge is 0.255 e. The van der Waals surface area contributed by atoms with Gasteiger partial charge in [-0.05, 0) is 36.8 Å². The third-order valence-electron chi connectivity index (χ3n) is 7.09. The van der Waals surface area contributed by atoms with Crippen LogP contribution in [0, 0.1) is 11.8 Å². The first kappa shape index (κ1) is 23.1. The van der Waals surface area contributed by atoms with E-state index in [1.165, 1.54) is 11.3 Å². The van der Waals surface area contributed by atoms with E-state index in [4.69, 9.17) is 5.73 Å². The molecule has 11 heteroatoms. The van der Waals surface area contributed by atoms with Crippen molar-refractivity contribution in [3.63, 3.8) is 0 Å². The van der Waals surface area contributed by atoms with E-state index < -0.39 is 52.0 Å². The van der Waals surface area contributed by atoms with Crippen LogP contribution >= 0.6 is 11.3 Å². The first-order valence-corrected chi connectivity index (χ1v) is 12.0. The summed E-state index contributed by atoms with van der Waals surface area (Å²) in [5.41, 5.74) is 3.43. The van der Waals surface area contributed by atoms with Crippen molar-refractivity contribution >= 4 is 45.4 Å². The fraction of sp³-hybridized carbons (Fsp3) is 0.333. The second-order valence-electron chi connectivity index (χ2n) is 9.03. The minimum atomic E-state index is -2.57. The summed E-state index contributed by atoms with van der Waals surface area (Å²) in [6.45, 7) is 1.97. The number of ketones is 2. The number of hydrogen-bond donors (Lipinski definition) is 6. The van der Waals surface area contributed by atoms with Crippen molar-refractivity contribution in [3.8, 4) is 5.75 Å². The van der Waals surface area contributed by atoms with Gasteiger partial charge in [0.2, 0.25) is 5.78 Å². The van der Waals surface area contributed by atoms with Gasteiger partial charge < -0.3 is 31.5 Å². The molecule has 0 spiro atoms. The Bertz CT molecular complexity index is 1380. The van der Waals surface area contributed by atoms with Gasteiger partial charge in [0, 0.05) is 23.3 Å². The molecule has 7 N–H and O–H groups in total. The van der Waals surface area contributed by atoms with E-state index in [1.807, 2.05) is 12.3 Å². The van der Waals surface area contributed by atoms with Crippen molar-refractivity contribution in [2.45, 2.75) is 38.2 Å². The van der Waals surface area contributed by atoms with E-state index in [2.05, 4.69) is 10.3 Å². The van der Waals surface area contributed by atoms with Crippen LogP contribution in [0.25, 0.3) is 5.76 Å². The van der Waals surface area contributed by atoms with Crippen LogP contribution in [0.15, 0.2) is 34.4 Å². The van der Waals surface area contributed by atoms with Gasteiger partial charge in [-0.3, -0.25) is 14.4 Å². The van der Waals surface area contributed by atoms with Gasteiger partial charge in [0.05, 0.1) is 16.9 Å². The Kier molecular flexibility index (Phi) is 5.22. The lowest BCUT2D eigenvalue weighted by Crippen LogP contribution is -2.58. The van der Waals surface area contributed by atoms with Gasteiger partial charge in [-0.2, -0.15) is 0 Å². The number of carbonyl (C=O) groups excluding carboxylic acids is 3. The molecule has 3 atom stereocenters. The number of aromatic nitrogens is 1. The van der Waals surface area contributed by atoms with Crippen molar-refractivity contribution in [2.75, 3.05) is 5.32 Å². The summed E-state index contributed by atoms with van der Waals surface area (Å²) < 4.78 is 0. The highest BCUT2D eigenvalue weighted by Gasteiger charge is 2.60. The average Bonchev–Trinajstić information content (AvgIpc) is 3.25. The largest absolute Gasteiger partial charge is 0.508 e. The van der Waals surface area contributed by atoms with Crippen LogP contribution in [0.2, 0.25) is 0 Å². The van der Waals surface area contributed by atoms with E-state index >= 15 is 0 Å². The molecule has 10 nitrogen and oxygen atoms in total. The first-order chi connectivity index (χ1) is 16.6. The molecule has 5 rings (SSSR count). The number of nitrogens with two attached hydrogens (primary N) is 1. The molecule has 0 aliphatic heterocycles. The molecule has 2 aromatic rings. The van der Waals surface area contributed by atoms with E-state index in [0.717, 1.165) is 12.1 Å². The Morgan fingerprint density at radius 1 is 1.26 bits per heavy atom. The number of thiazole rings is 1. The maximum Gasteiger partial charge on any atom is 0.255 e. The molecule has 182 valence electrons. The summed E-state index contributed by atoms with van der Waals surface area (Å²) in [5, 5.41) is 49.5.